The van der Waals surface area contributed by atoms with Gasteiger partial charge in [-0.15, -0.1) is 0 Å². The van der Waals surface area contributed by atoms with Crippen LogP contribution >= 0.6 is 0 Å². The van der Waals surface area contributed by atoms with Crippen LogP contribution in [0.2, 0.25) is 0 Å². The van der Waals surface area contributed by atoms with Gasteiger partial charge in [-0.2, -0.15) is 0 Å². The van der Waals surface area contributed by atoms with E-state index < -0.39 is 17.9 Å². The van der Waals surface area contributed by atoms with Crippen molar-refractivity contribution >= 4 is 22.6 Å². The lowest BCUT2D eigenvalue weighted by molar-refractivity contribution is -0.144. The van der Waals surface area contributed by atoms with Crippen LogP contribution in [0.5, 0.6) is 5.75 Å². The number of benzene rings is 2. The maximum Gasteiger partial charge on any atom is 0.328 e. The van der Waals surface area contributed by atoms with Gasteiger partial charge in [-0.3, -0.25) is 4.79 Å². The molecule has 2 aromatic carbocycles. The number of carbonyl (C=O) groups is 2. The van der Waals surface area contributed by atoms with Crippen LogP contribution in [0, 0.1) is 5.92 Å². The second-order valence-electron chi connectivity index (χ2n) is 5.40. The third-order valence-electron chi connectivity index (χ3n) is 3.55. The Labute approximate surface area is 128 Å². The lowest BCUT2D eigenvalue weighted by atomic mass is 10.0. The SMILES string of the molecule is COC(=O)[C@@H](NC(=O)c1ccc2ccccc2c1O)C(C)C. The molecule has 5 nitrogen and oxygen atoms in total. The van der Waals surface area contributed by atoms with Gasteiger partial charge in [0.05, 0.1) is 12.7 Å². The number of fused-ring (bicyclic) bond motifs is 1. The number of carbonyl (C=O) groups excluding carboxylic acids is 2. The summed E-state index contributed by atoms with van der Waals surface area (Å²) >= 11 is 0. The van der Waals surface area contributed by atoms with E-state index in [0.29, 0.717) is 5.39 Å². The Morgan fingerprint density at radius 3 is 2.45 bits per heavy atom. The molecule has 5 heteroatoms. The molecule has 22 heavy (non-hydrogen) atoms. The number of nitrogens with one attached hydrogen (secondary N) is 1. The lowest BCUT2D eigenvalue weighted by Crippen LogP contribution is -2.45. The molecule has 0 heterocycles. The quantitative estimate of drug-likeness (QED) is 0.851. The molecule has 0 aliphatic carbocycles. The Morgan fingerprint density at radius 1 is 1.14 bits per heavy atom. The van der Waals surface area contributed by atoms with Gasteiger partial charge in [0.15, 0.2) is 0 Å². The standard InChI is InChI=1S/C17H19NO4/c1-10(2)14(17(21)22-3)18-16(20)13-9-8-11-6-4-5-7-12(11)15(13)19/h4-10,14,19H,1-3H3,(H,18,20)/t14-/m0/s1. The first-order valence-electron chi connectivity index (χ1n) is 7.05. The first-order valence-corrected chi connectivity index (χ1v) is 7.05. The third kappa shape index (κ3) is 3.03. The molecule has 2 rings (SSSR count). The molecule has 0 spiro atoms. The van der Waals surface area contributed by atoms with Crippen molar-refractivity contribution in [3.8, 4) is 5.75 Å². The number of rotatable bonds is 4. The molecule has 0 radical (unpaired) electrons. The van der Waals surface area contributed by atoms with Crippen LogP contribution in [0.15, 0.2) is 36.4 Å². The topological polar surface area (TPSA) is 75.6 Å². The zero-order valence-corrected chi connectivity index (χ0v) is 12.8. The number of esters is 1. The average Bonchev–Trinajstić information content (AvgIpc) is 2.52. The van der Waals surface area contributed by atoms with E-state index in [1.807, 2.05) is 26.0 Å². The van der Waals surface area contributed by atoms with Gasteiger partial charge in [0.1, 0.15) is 11.8 Å². The molecule has 0 aromatic heterocycles. The highest BCUT2D eigenvalue weighted by Crippen LogP contribution is 2.28. The van der Waals surface area contributed by atoms with Crippen molar-refractivity contribution < 1.29 is 19.4 Å². The summed E-state index contributed by atoms with van der Waals surface area (Å²) < 4.78 is 4.69. The summed E-state index contributed by atoms with van der Waals surface area (Å²) in [5, 5.41) is 14.3. The van der Waals surface area contributed by atoms with Gasteiger partial charge in [-0.25, -0.2) is 4.79 Å². The minimum absolute atomic E-state index is 0.0945. The molecule has 0 saturated heterocycles. The predicted octanol–water partition coefficient (Wildman–Crippen LogP) is 2.47. The first kappa shape index (κ1) is 15.8. The summed E-state index contributed by atoms with van der Waals surface area (Å²) in [5.41, 5.74) is 0.133. The second kappa shape index (κ2) is 6.47. The van der Waals surface area contributed by atoms with Gasteiger partial charge in [0.2, 0.25) is 0 Å². The first-order chi connectivity index (χ1) is 10.5. The van der Waals surface area contributed by atoms with Crippen LogP contribution in [-0.2, 0) is 9.53 Å². The number of phenols is 1. The van der Waals surface area contributed by atoms with Gasteiger partial charge in [0.25, 0.3) is 5.91 Å². The van der Waals surface area contributed by atoms with Crippen molar-refractivity contribution in [1.82, 2.24) is 5.32 Å². The van der Waals surface area contributed by atoms with E-state index in [0.717, 1.165) is 5.39 Å². The number of amides is 1. The summed E-state index contributed by atoms with van der Waals surface area (Å²) in [6.45, 7) is 3.62. The lowest BCUT2D eigenvalue weighted by Gasteiger charge is -2.20. The molecule has 0 unspecified atom stereocenters. The van der Waals surface area contributed by atoms with Gasteiger partial charge >= 0.3 is 5.97 Å². The van der Waals surface area contributed by atoms with Crippen molar-refractivity contribution in [2.24, 2.45) is 5.92 Å². The molecule has 0 aliphatic heterocycles. The van der Waals surface area contributed by atoms with E-state index in [1.165, 1.54) is 7.11 Å². The molecular weight excluding hydrogens is 282 g/mol. The van der Waals surface area contributed by atoms with Crippen LogP contribution in [0.3, 0.4) is 0 Å². The fraction of sp³-hybridized carbons (Fsp3) is 0.294. The average molecular weight is 301 g/mol. The molecule has 0 bridgehead atoms. The van der Waals surface area contributed by atoms with Crippen molar-refractivity contribution in [1.29, 1.82) is 0 Å². The highest BCUT2D eigenvalue weighted by molar-refractivity contribution is 6.04. The van der Waals surface area contributed by atoms with Crippen molar-refractivity contribution in [2.45, 2.75) is 19.9 Å². The zero-order chi connectivity index (χ0) is 16.3. The van der Waals surface area contributed by atoms with Crippen LogP contribution in [0.1, 0.15) is 24.2 Å². The molecule has 1 amide bonds. The van der Waals surface area contributed by atoms with Gasteiger partial charge < -0.3 is 15.2 Å². The normalized spacial score (nSPS) is 12.2. The Balaban J connectivity index is 2.33. The number of hydrogen-bond donors (Lipinski definition) is 2. The highest BCUT2D eigenvalue weighted by Gasteiger charge is 2.26. The second-order valence-corrected chi connectivity index (χ2v) is 5.40. The minimum atomic E-state index is -0.761. The summed E-state index contributed by atoms with van der Waals surface area (Å²) in [4.78, 5) is 24.1. The van der Waals surface area contributed by atoms with E-state index in [-0.39, 0.29) is 17.2 Å². The molecule has 116 valence electrons. The fourth-order valence-electron chi connectivity index (χ4n) is 2.28. The monoisotopic (exact) mass is 301 g/mol. The van der Waals surface area contributed by atoms with Crippen molar-refractivity contribution in [2.75, 3.05) is 7.11 Å². The molecule has 0 aliphatic rings. The number of ether oxygens (including phenoxy) is 1. The van der Waals surface area contributed by atoms with E-state index in [1.54, 1.807) is 24.3 Å². The Hall–Kier alpha value is -2.56. The third-order valence-corrected chi connectivity index (χ3v) is 3.55. The minimum Gasteiger partial charge on any atom is -0.506 e. The molecule has 2 N–H and O–H groups in total. The van der Waals surface area contributed by atoms with Gasteiger partial charge in [-0.1, -0.05) is 44.2 Å². The maximum atomic E-state index is 12.4. The Kier molecular flexibility index (Phi) is 4.65. The summed E-state index contributed by atoms with van der Waals surface area (Å²) in [5.74, 6) is -1.24. The number of hydrogen-bond acceptors (Lipinski definition) is 4. The van der Waals surface area contributed by atoms with Crippen molar-refractivity contribution in [3.05, 3.63) is 42.0 Å². The molecule has 0 fully saturated rings. The van der Waals surface area contributed by atoms with E-state index >= 15 is 0 Å². The molecule has 2 aromatic rings. The highest BCUT2D eigenvalue weighted by atomic mass is 16.5. The number of aromatic hydroxyl groups is 1. The molecule has 1 atom stereocenters. The number of phenolic OH excluding ortho intramolecular Hbond substituents is 1. The summed E-state index contributed by atoms with van der Waals surface area (Å²) in [7, 11) is 1.28. The maximum absolute atomic E-state index is 12.4. The Bertz CT molecular complexity index is 709. The molecule has 0 saturated carbocycles. The van der Waals surface area contributed by atoms with Crippen LogP contribution < -0.4 is 5.32 Å². The largest absolute Gasteiger partial charge is 0.506 e. The van der Waals surface area contributed by atoms with E-state index in [2.05, 4.69) is 5.32 Å². The van der Waals surface area contributed by atoms with Crippen molar-refractivity contribution in [3.63, 3.8) is 0 Å². The smallest absolute Gasteiger partial charge is 0.328 e. The van der Waals surface area contributed by atoms with Gasteiger partial charge in [-0.05, 0) is 17.4 Å². The predicted molar refractivity (Wildman–Crippen MR) is 83.7 cm³/mol. The van der Waals surface area contributed by atoms with Crippen LogP contribution in [-0.4, -0.2) is 30.1 Å². The van der Waals surface area contributed by atoms with Crippen LogP contribution in [0.25, 0.3) is 10.8 Å². The molecular formula is C17H19NO4. The van der Waals surface area contributed by atoms with Gasteiger partial charge in [0, 0.05) is 5.39 Å². The van der Waals surface area contributed by atoms with Crippen LogP contribution in [0.4, 0.5) is 0 Å². The zero-order valence-electron chi connectivity index (χ0n) is 12.8. The van der Waals surface area contributed by atoms with E-state index in [9.17, 15) is 14.7 Å². The summed E-state index contributed by atoms with van der Waals surface area (Å²) in [6, 6.07) is 9.77. The number of methoxy groups -OCH3 is 1. The fourth-order valence-corrected chi connectivity index (χ4v) is 2.28. The Morgan fingerprint density at radius 2 is 1.82 bits per heavy atom. The summed E-state index contributed by atoms with van der Waals surface area (Å²) in [6.07, 6.45) is 0. The van der Waals surface area contributed by atoms with E-state index in [4.69, 9.17) is 4.74 Å².